The molecule has 1 heterocycles. The minimum Gasteiger partial charge on any atom is -0.389 e. The van der Waals surface area contributed by atoms with Crippen LogP contribution in [0.4, 0.5) is 11.4 Å². The van der Waals surface area contributed by atoms with Crippen LogP contribution in [0.1, 0.15) is 0 Å². The Morgan fingerprint density at radius 3 is 2.22 bits per heavy atom. The summed E-state index contributed by atoms with van der Waals surface area (Å²) in [5, 5.41) is 30.2. The molecule has 1 aliphatic heterocycles. The molecule has 2 unspecified atom stereocenters. The monoisotopic (exact) mass is 292 g/mol. The third-order valence-corrected chi connectivity index (χ3v) is 3.54. The molecule has 1 fully saturated rings. The SMILES string of the molecule is O=[N+]([O-])c1cc(Cl)c(Cl)cc1N1CC(O)C(O)C1. The number of β-amino-alcohol motifs (C(OH)–C–C–N with tert-alkyl or cyclic N) is 2. The van der Waals surface area contributed by atoms with Gasteiger partial charge in [0.15, 0.2) is 0 Å². The number of nitrogens with zero attached hydrogens (tertiary/aromatic N) is 2. The van der Waals surface area contributed by atoms with Crippen LogP contribution in [0.25, 0.3) is 0 Å². The summed E-state index contributed by atoms with van der Waals surface area (Å²) in [6.45, 7) is 0.222. The quantitative estimate of drug-likeness (QED) is 0.636. The van der Waals surface area contributed by atoms with E-state index in [9.17, 15) is 20.3 Å². The Morgan fingerprint density at radius 2 is 1.72 bits per heavy atom. The van der Waals surface area contributed by atoms with Crippen LogP contribution in [0.2, 0.25) is 10.0 Å². The van der Waals surface area contributed by atoms with Crippen LogP contribution in [-0.4, -0.2) is 40.4 Å². The third-order valence-electron chi connectivity index (χ3n) is 2.81. The lowest BCUT2D eigenvalue weighted by atomic mass is 10.2. The van der Waals surface area contributed by atoms with Gasteiger partial charge in [-0.2, -0.15) is 0 Å². The zero-order valence-electron chi connectivity index (χ0n) is 9.08. The highest BCUT2D eigenvalue weighted by atomic mass is 35.5. The first-order valence-corrected chi connectivity index (χ1v) is 5.90. The second-order valence-electron chi connectivity index (χ2n) is 4.05. The van der Waals surface area contributed by atoms with Gasteiger partial charge in [0, 0.05) is 19.2 Å². The summed E-state index contributed by atoms with van der Waals surface area (Å²) in [7, 11) is 0. The Labute approximate surface area is 112 Å². The van der Waals surface area contributed by atoms with Crippen LogP contribution < -0.4 is 4.90 Å². The molecule has 0 amide bonds. The average Bonchev–Trinajstić information content (AvgIpc) is 2.62. The summed E-state index contributed by atoms with van der Waals surface area (Å²) >= 11 is 11.6. The Morgan fingerprint density at radius 1 is 1.22 bits per heavy atom. The number of halogens is 2. The van der Waals surface area contributed by atoms with E-state index in [1.165, 1.54) is 11.0 Å². The average molecular weight is 293 g/mol. The molecular formula is C10H10Cl2N2O4. The van der Waals surface area contributed by atoms with Crippen molar-refractivity contribution in [2.45, 2.75) is 12.2 Å². The maximum atomic E-state index is 11.0. The van der Waals surface area contributed by atoms with Gasteiger partial charge in [0.1, 0.15) is 5.69 Å². The molecule has 2 rings (SSSR count). The number of rotatable bonds is 2. The molecule has 0 aromatic heterocycles. The highest BCUT2D eigenvalue weighted by Crippen LogP contribution is 2.37. The van der Waals surface area contributed by atoms with Gasteiger partial charge in [-0.15, -0.1) is 0 Å². The number of aliphatic hydroxyl groups excluding tert-OH is 2. The van der Waals surface area contributed by atoms with E-state index in [2.05, 4.69) is 0 Å². The van der Waals surface area contributed by atoms with E-state index in [1.807, 2.05) is 0 Å². The van der Waals surface area contributed by atoms with Crippen molar-refractivity contribution in [2.24, 2.45) is 0 Å². The number of benzene rings is 1. The molecule has 1 aliphatic rings. The lowest BCUT2D eigenvalue weighted by Crippen LogP contribution is -2.22. The molecule has 0 radical (unpaired) electrons. The van der Waals surface area contributed by atoms with Gasteiger partial charge in [0.25, 0.3) is 5.69 Å². The van der Waals surface area contributed by atoms with Crippen LogP contribution >= 0.6 is 23.2 Å². The molecule has 1 saturated heterocycles. The minimum absolute atomic E-state index is 0.0902. The molecule has 0 spiro atoms. The van der Waals surface area contributed by atoms with Gasteiger partial charge in [0.2, 0.25) is 0 Å². The van der Waals surface area contributed by atoms with E-state index in [4.69, 9.17) is 23.2 Å². The van der Waals surface area contributed by atoms with Crippen LogP contribution in [-0.2, 0) is 0 Å². The maximum Gasteiger partial charge on any atom is 0.294 e. The number of hydrogen-bond donors (Lipinski definition) is 2. The summed E-state index contributed by atoms with van der Waals surface area (Å²) in [5.41, 5.74) is 0.0377. The van der Waals surface area contributed by atoms with Gasteiger partial charge in [-0.3, -0.25) is 10.1 Å². The molecule has 8 heteroatoms. The molecule has 0 saturated carbocycles. The molecule has 2 atom stereocenters. The molecule has 18 heavy (non-hydrogen) atoms. The second kappa shape index (κ2) is 4.89. The number of aliphatic hydroxyl groups is 2. The van der Waals surface area contributed by atoms with Crippen molar-refractivity contribution in [3.8, 4) is 0 Å². The molecular weight excluding hydrogens is 283 g/mol. The summed E-state index contributed by atoms with van der Waals surface area (Å²) in [6, 6.07) is 2.53. The fourth-order valence-electron chi connectivity index (χ4n) is 1.89. The number of nitro groups is 1. The summed E-state index contributed by atoms with van der Waals surface area (Å²) < 4.78 is 0. The third kappa shape index (κ3) is 2.37. The molecule has 0 aliphatic carbocycles. The first-order valence-electron chi connectivity index (χ1n) is 5.14. The predicted molar refractivity (Wildman–Crippen MR) is 67.3 cm³/mol. The summed E-state index contributed by atoms with van der Waals surface area (Å²) in [6.07, 6.45) is -1.86. The number of anilines is 1. The first kappa shape index (κ1) is 13.4. The molecule has 6 nitrogen and oxygen atoms in total. The van der Waals surface area contributed by atoms with E-state index in [0.29, 0.717) is 0 Å². The van der Waals surface area contributed by atoms with E-state index in [0.717, 1.165) is 6.07 Å². The highest BCUT2D eigenvalue weighted by Gasteiger charge is 2.33. The van der Waals surface area contributed by atoms with Gasteiger partial charge >= 0.3 is 0 Å². The van der Waals surface area contributed by atoms with Crippen LogP contribution in [0.15, 0.2) is 12.1 Å². The lowest BCUT2D eigenvalue weighted by Gasteiger charge is -2.18. The topological polar surface area (TPSA) is 86.8 Å². The first-order chi connectivity index (χ1) is 8.40. The second-order valence-corrected chi connectivity index (χ2v) is 4.87. The van der Waals surface area contributed by atoms with Gasteiger partial charge in [-0.1, -0.05) is 23.2 Å². The minimum atomic E-state index is -0.931. The zero-order chi connectivity index (χ0) is 13.4. The number of hydrogen-bond acceptors (Lipinski definition) is 5. The Kier molecular flexibility index (Phi) is 3.63. The summed E-state index contributed by atoms with van der Waals surface area (Å²) in [4.78, 5) is 11.9. The Bertz CT molecular complexity index is 487. The van der Waals surface area contributed by atoms with E-state index < -0.39 is 17.1 Å². The fourth-order valence-corrected chi connectivity index (χ4v) is 2.21. The van der Waals surface area contributed by atoms with Crippen molar-refractivity contribution in [1.82, 2.24) is 0 Å². The van der Waals surface area contributed by atoms with Crippen molar-refractivity contribution in [2.75, 3.05) is 18.0 Å². The molecule has 98 valence electrons. The fraction of sp³-hybridized carbons (Fsp3) is 0.400. The van der Waals surface area contributed by atoms with Crippen molar-refractivity contribution in [3.63, 3.8) is 0 Å². The largest absolute Gasteiger partial charge is 0.389 e. The van der Waals surface area contributed by atoms with Crippen LogP contribution in [0, 0.1) is 10.1 Å². The van der Waals surface area contributed by atoms with Gasteiger partial charge < -0.3 is 15.1 Å². The van der Waals surface area contributed by atoms with E-state index in [1.54, 1.807) is 0 Å². The molecule has 1 aromatic rings. The lowest BCUT2D eigenvalue weighted by molar-refractivity contribution is -0.384. The van der Waals surface area contributed by atoms with Crippen molar-refractivity contribution in [1.29, 1.82) is 0 Å². The highest BCUT2D eigenvalue weighted by molar-refractivity contribution is 6.42. The van der Waals surface area contributed by atoms with Crippen molar-refractivity contribution < 1.29 is 15.1 Å². The molecule has 2 N–H and O–H groups in total. The van der Waals surface area contributed by atoms with Gasteiger partial charge in [0.05, 0.1) is 27.2 Å². The van der Waals surface area contributed by atoms with Gasteiger partial charge in [-0.25, -0.2) is 0 Å². The normalized spacial score (nSPS) is 23.4. The van der Waals surface area contributed by atoms with E-state index in [-0.39, 0.29) is 34.5 Å². The molecule has 0 bridgehead atoms. The summed E-state index contributed by atoms with van der Waals surface area (Å²) in [5.74, 6) is 0. The zero-order valence-corrected chi connectivity index (χ0v) is 10.6. The van der Waals surface area contributed by atoms with Crippen molar-refractivity contribution in [3.05, 3.63) is 32.3 Å². The van der Waals surface area contributed by atoms with E-state index >= 15 is 0 Å². The Hall–Kier alpha value is -1.08. The Balaban J connectivity index is 2.43. The maximum absolute atomic E-state index is 11.0. The van der Waals surface area contributed by atoms with Gasteiger partial charge in [-0.05, 0) is 6.07 Å². The van der Waals surface area contributed by atoms with Crippen molar-refractivity contribution >= 4 is 34.6 Å². The predicted octanol–water partition coefficient (Wildman–Crippen LogP) is 1.44. The number of nitro benzene ring substituents is 1. The molecule has 1 aromatic carbocycles. The smallest absolute Gasteiger partial charge is 0.294 e. The van der Waals surface area contributed by atoms with Crippen LogP contribution in [0.3, 0.4) is 0 Å². The van der Waals surface area contributed by atoms with Crippen LogP contribution in [0.5, 0.6) is 0 Å². The standard InChI is InChI=1S/C10H10Cl2N2O4/c11-5-1-7(8(14(17)18)2-6(5)12)13-3-9(15)10(16)4-13/h1-2,9-10,15-16H,3-4H2.